The maximum atomic E-state index is 12.4. The minimum atomic E-state index is -0.233. The predicted octanol–water partition coefficient (Wildman–Crippen LogP) is 6.55. The third-order valence-corrected chi connectivity index (χ3v) is 6.19. The summed E-state index contributed by atoms with van der Waals surface area (Å²) in [4.78, 5) is 26.1. The van der Waals surface area contributed by atoms with Crippen LogP contribution in [-0.2, 0) is 11.4 Å². The summed E-state index contributed by atoms with van der Waals surface area (Å²) in [6, 6.07) is 11.9. The Labute approximate surface area is 185 Å². The monoisotopic (exact) mass is 523 g/mol. The van der Waals surface area contributed by atoms with E-state index < -0.39 is 0 Å². The average Bonchev–Trinajstić information content (AvgIpc) is 2.89. The van der Waals surface area contributed by atoms with E-state index in [0.29, 0.717) is 23.8 Å². The predicted molar refractivity (Wildman–Crippen MR) is 120 cm³/mol. The molecule has 0 bridgehead atoms. The van der Waals surface area contributed by atoms with Gasteiger partial charge in [-0.05, 0) is 86.3 Å². The van der Waals surface area contributed by atoms with E-state index in [1.807, 2.05) is 44.2 Å². The molecule has 146 valence electrons. The summed E-state index contributed by atoms with van der Waals surface area (Å²) in [7, 11) is 0. The standard InChI is InChI=1S/C21H19Br2NO3S/c1-3-7-24-20(25)18(28-21(24)26)11-15-9-16(22)19(17(23)10-15)27-12-14-6-4-5-13(2)8-14/h4-6,8-11H,3,7,12H2,1-2H3/b18-11+. The SMILES string of the molecule is CCCN1C(=O)S/C(=C/c2cc(Br)c(OCc3cccc(C)c3)c(Br)c2)C1=O. The molecule has 4 nitrogen and oxygen atoms in total. The number of hydrogen-bond acceptors (Lipinski definition) is 4. The quantitative estimate of drug-likeness (QED) is 0.402. The molecular weight excluding hydrogens is 506 g/mol. The number of amides is 2. The van der Waals surface area contributed by atoms with Crippen molar-refractivity contribution in [1.82, 2.24) is 4.90 Å². The highest BCUT2D eigenvalue weighted by molar-refractivity contribution is 9.11. The van der Waals surface area contributed by atoms with Crippen molar-refractivity contribution >= 4 is 60.8 Å². The van der Waals surface area contributed by atoms with Gasteiger partial charge in [0.25, 0.3) is 11.1 Å². The first kappa shape index (κ1) is 21.1. The molecule has 1 saturated heterocycles. The molecule has 7 heteroatoms. The zero-order chi connectivity index (χ0) is 20.3. The van der Waals surface area contributed by atoms with Gasteiger partial charge in [0.2, 0.25) is 0 Å². The Bertz CT molecular complexity index is 935. The lowest BCUT2D eigenvalue weighted by Crippen LogP contribution is -2.28. The summed E-state index contributed by atoms with van der Waals surface area (Å²) >= 11 is 8.07. The van der Waals surface area contributed by atoms with Crippen molar-refractivity contribution in [3.63, 3.8) is 0 Å². The van der Waals surface area contributed by atoms with E-state index in [9.17, 15) is 9.59 Å². The highest BCUT2D eigenvalue weighted by Crippen LogP contribution is 2.38. The van der Waals surface area contributed by atoms with Crippen LogP contribution in [0.4, 0.5) is 4.79 Å². The molecule has 28 heavy (non-hydrogen) atoms. The van der Waals surface area contributed by atoms with Gasteiger partial charge >= 0.3 is 0 Å². The molecule has 0 atom stereocenters. The Kier molecular flexibility index (Phi) is 7.01. The second kappa shape index (κ2) is 9.29. The Morgan fingerprint density at radius 2 is 1.86 bits per heavy atom. The number of carbonyl (C=O) groups is 2. The average molecular weight is 525 g/mol. The molecule has 2 aromatic carbocycles. The van der Waals surface area contributed by atoms with Gasteiger partial charge in [-0.1, -0.05) is 36.8 Å². The minimum absolute atomic E-state index is 0.214. The molecule has 0 aromatic heterocycles. The van der Waals surface area contributed by atoms with E-state index in [1.54, 1.807) is 6.08 Å². The number of thioether (sulfide) groups is 1. The molecule has 0 unspecified atom stereocenters. The zero-order valence-electron chi connectivity index (χ0n) is 15.5. The second-order valence-electron chi connectivity index (χ2n) is 6.42. The van der Waals surface area contributed by atoms with Crippen molar-refractivity contribution in [3.05, 3.63) is 66.9 Å². The van der Waals surface area contributed by atoms with E-state index >= 15 is 0 Å². The first-order valence-corrected chi connectivity index (χ1v) is 11.2. The minimum Gasteiger partial charge on any atom is -0.487 e. The third-order valence-electron chi connectivity index (χ3n) is 4.10. The highest BCUT2D eigenvalue weighted by Gasteiger charge is 2.34. The van der Waals surface area contributed by atoms with Crippen molar-refractivity contribution in [2.24, 2.45) is 0 Å². The van der Waals surface area contributed by atoms with Crippen molar-refractivity contribution in [2.75, 3.05) is 6.54 Å². The Hall–Kier alpha value is -1.57. The Morgan fingerprint density at radius 3 is 2.50 bits per heavy atom. The van der Waals surface area contributed by atoms with E-state index in [2.05, 4.69) is 37.9 Å². The second-order valence-corrected chi connectivity index (χ2v) is 9.13. The number of imide groups is 1. The smallest absolute Gasteiger partial charge is 0.293 e. The van der Waals surface area contributed by atoms with Gasteiger partial charge in [-0.25, -0.2) is 0 Å². The van der Waals surface area contributed by atoms with Gasteiger partial charge in [0.15, 0.2) is 0 Å². The first-order chi connectivity index (χ1) is 13.4. The van der Waals surface area contributed by atoms with Crippen LogP contribution in [0.5, 0.6) is 5.75 Å². The molecule has 1 heterocycles. The molecule has 1 fully saturated rings. The third kappa shape index (κ3) is 4.88. The number of carbonyl (C=O) groups excluding carboxylic acids is 2. The van der Waals surface area contributed by atoms with E-state index in [-0.39, 0.29) is 11.1 Å². The van der Waals surface area contributed by atoms with Crippen LogP contribution in [0.1, 0.15) is 30.0 Å². The number of rotatable bonds is 6. The maximum Gasteiger partial charge on any atom is 0.293 e. The molecular formula is C21H19Br2NO3S. The number of benzene rings is 2. The summed E-state index contributed by atoms with van der Waals surface area (Å²) in [6.45, 7) is 4.89. The number of halogens is 2. The van der Waals surface area contributed by atoms with Gasteiger partial charge in [0.05, 0.1) is 13.9 Å². The van der Waals surface area contributed by atoms with Crippen LogP contribution in [-0.4, -0.2) is 22.6 Å². The van der Waals surface area contributed by atoms with Crippen LogP contribution in [0.3, 0.4) is 0 Å². The molecule has 0 aliphatic carbocycles. The number of ether oxygens (including phenoxy) is 1. The fourth-order valence-corrected chi connectivity index (χ4v) is 5.14. The summed E-state index contributed by atoms with van der Waals surface area (Å²) in [5.74, 6) is 0.460. The summed E-state index contributed by atoms with van der Waals surface area (Å²) in [5.41, 5.74) is 3.09. The first-order valence-electron chi connectivity index (χ1n) is 8.81. The van der Waals surface area contributed by atoms with Crippen molar-refractivity contribution < 1.29 is 14.3 Å². The van der Waals surface area contributed by atoms with Gasteiger partial charge in [0, 0.05) is 6.54 Å². The number of nitrogens with zero attached hydrogens (tertiary/aromatic N) is 1. The van der Waals surface area contributed by atoms with E-state index in [4.69, 9.17) is 4.74 Å². The van der Waals surface area contributed by atoms with Crippen molar-refractivity contribution in [1.29, 1.82) is 0 Å². The summed E-state index contributed by atoms with van der Waals surface area (Å²) in [5, 5.41) is -0.214. The molecule has 0 saturated carbocycles. The van der Waals surface area contributed by atoms with Crippen molar-refractivity contribution in [3.8, 4) is 5.75 Å². The van der Waals surface area contributed by atoms with E-state index in [1.165, 1.54) is 10.5 Å². The number of hydrogen-bond donors (Lipinski definition) is 0. The fourth-order valence-electron chi connectivity index (χ4n) is 2.83. The molecule has 0 radical (unpaired) electrons. The molecule has 3 rings (SSSR count). The van der Waals surface area contributed by atoms with Crippen LogP contribution < -0.4 is 4.74 Å². The van der Waals surface area contributed by atoms with Gasteiger partial charge in [0.1, 0.15) is 12.4 Å². The number of aryl methyl sites for hydroxylation is 1. The van der Waals surface area contributed by atoms with Crippen LogP contribution in [0.25, 0.3) is 6.08 Å². The van der Waals surface area contributed by atoms with Gasteiger partial charge in [-0.2, -0.15) is 0 Å². The summed E-state index contributed by atoms with van der Waals surface area (Å²) < 4.78 is 7.52. The largest absolute Gasteiger partial charge is 0.487 e. The van der Waals surface area contributed by atoms with Crippen LogP contribution in [0, 0.1) is 6.92 Å². The molecule has 2 aromatic rings. The summed E-state index contributed by atoms with van der Waals surface area (Å²) in [6.07, 6.45) is 2.48. The lowest BCUT2D eigenvalue weighted by Gasteiger charge is -2.12. The molecule has 2 amide bonds. The van der Waals surface area contributed by atoms with Crippen LogP contribution in [0.15, 0.2) is 50.2 Å². The molecule has 0 N–H and O–H groups in total. The van der Waals surface area contributed by atoms with Crippen molar-refractivity contribution in [2.45, 2.75) is 26.9 Å². The van der Waals surface area contributed by atoms with Crippen LogP contribution in [0.2, 0.25) is 0 Å². The zero-order valence-corrected chi connectivity index (χ0v) is 19.5. The lowest BCUT2D eigenvalue weighted by molar-refractivity contribution is -0.122. The van der Waals surface area contributed by atoms with Gasteiger partial charge in [-0.15, -0.1) is 0 Å². The molecule has 1 aliphatic heterocycles. The molecule has 0 spiro atoms. The fraction of sp³-hybridized carbons (Fsp3) is 0.238. The topological polar surface area (TPSA) is 46.6 Å². The van der Waals surface area contributed by atoms with Gasteiger partial charge in [-0.3, -0.25) is 14.5 Å². The van der Waals surface area contributed by atoms with Gasteiger partial charge < -0.3 is 4.74 Å². The Morgan fingerprint density at radius 1 is 1.14 bits per heavy atom. The lowest BCUT2D eigenvalue weighted by atomic mass is 10.1. The normalized spacial score (nSPS) is 15.6. The van der Waals surface area contributed by atoms with Crippen LogP contribution >= 0.6 is 43.6 Å². The van der Waals surface area contributed by atoms with E-state index in [0.717, 1.165) is 38.3 Å². The molecule has 1 aliphatic rings. The Balaban J connectivity index is 1.78. The maximum absolute atomic E-state index is 12.4. The highest BCUT2D eigenvalue weighted by atomic mass is 79.9.